The lowest BCUT2D eigenvalue weighted by Gasteiger charge is -1.92. The van der Waals surface area contributed by atoms with Gasteiger partial charge >= 0.3 is 0 Å². The predicted molar refractivity (Wildman–Crippen MR) is 46.8 cm³/mol. The molecule has 0 aliphatic carbocycles. The van der Waals surface area contributed by atoms with Crippen molar-refractivity contribution in [1.29, 1.82) is 0 Å². The van der Waals surface area contributed by atoms with Crippen molar-refractivity contribution in [2.75, 3.05) is 5.32 Å². The number of thiol groups is 1. The monoisotopic (exact) mass is 190 g/mol. The van der Waals surface area contributed by atoms with Gasteiger partial charge in [-0.05, 0) is 6.92 Å². The fourth-order valence-corrected chi connectivity index (χ4v) is 0.840. The van der Waals surface area contributed by atoms with E-state index in [1.807, 2.05) is 0 Å². The highest BCUT2D eigenvalue weighted by Gasteiger charge is 2.03. The lowest BCUT2D eigenvalue weighted by Crippen LogP contribution is -2.02. The molecule has 0 aromatic carbocycles. The number of anilines is 1. The second-order valence-electron chi connectivity index (χ2n) is 1.83. The molecule has 60 valence electrons. The minimum Gasteiger partial charge on any atom is -0.360 e. The lowest BCUT2D eigenvalue weighted by molar-refractivity contribution is 0.269. The number of nitrogens with zero attached hydrogens (tertiary/aromatic N) is 1. The molecule has 0 aliphatic rings. The van der Waals surface area contributed by atoms with Gasteiger partial charge in [0.2, 0.25) is 0 Å². The van der Waals surface area contributed by atoms with Crippen LogP contribution in [0.1, 0.15) is 5.76 Å². The molecule has 1 amide bonds. The van der Waals surface area contributed by atoms with Crippen molar-refractivity contribution in [3.05, 3.63) is 11.8 Å². The summed E-state index contributed by atoms with van der Waals surface area (Å²) in [6, 6.07) is 1.63. The van der Waals surface area contributed by atoms with E-state index in [9.17, 15) is 4.79 Å². The molecule has 4 nitrogen and oxygen atoms in total. The Morgan fingerprint density at radius 3 is 3.09 bits per heavy atom. The van der Waals surface area contributed by atoms with E-state index in [1.165, 1.54) is 0 Å². The largest absolute Gasteiger partial charge is 0.360 e. The second-order valence-corrected chi connectivity index (χ2v) is 2.93. The average molecular weight is 190 g/mol. The number of hydrogen-bond acceptors (Lipinski definition) is 5. The summed E-state index contributed by atoms with van der Waals surface area (Å²) >= 11 is 3.70. The highest BCUT2D eigenvalue weighted by Crippen LogP contribution is 2.12. The standard InChI is InChI=1S/C5H6N2O2S2/c1-3-2-4(7-9-3)6-5(8)11-10/h2,10H,1H3,(H,6,7,8). The third-order valence-corrected chi connectivity index (χ3v) is 1.71. The van der Waals surface area contributed by atoms with Crippen LogP contribution in [0.4, 0.5) is 10.6 Å². The Kier molecular flexibility index (Phi) is 2.84. The average Bonchev–Trinajstić information content (AvgIpc) is 2.35. The smallest absolute Gasteiger partial charge is 0.295 e. The van der Waals surface area contributed by atoms with E-state index < -0.39 is 0 Å². The third kappa shape index (κ3) is 2.47. The van der Waals surface area contributed by atoms with Crippen molar-refractivity contribution in [3.63, 3.8) is 0 Å². The van der Waals surface area contributed by atoms with Gasteiger partial charge in [0.1, 0.15) is 5.76 Å². The number of aryl methyl sites for hydroxylation is 1. The number of nitrogens with one attached hydrogen (secondary N) is 1. The molecular formula is C5H6N2O2S2. The van der Waals surface area contributed by atoms with Crippen molar-refractivity contribution < 1.29 is 9.32 Å². The van der Waals surface area contributed by atoms with Crippen LogP contribution in [0.3, 0.4) is 0 Å². The Morgan fingerprint density at radius 1 is 1.91 bits per heavy atom. The quantitative estimate of drug-likeness (QED) is 0.526. The number of amides is 1. The summed E-state index contributed by atoms with van der Waals surface area (Å²) < 4.78 is 4.71. The summed E-state index contributed by atoms with van der Waals surface area (Å²) in [5.74, 6) is 1.07. The van der Waals surface area contributed by atoms with Gasteiger partial charge in [0.15, 0.2) is 5.82 Å². The van der Waals surface area contributed by atoms with Gasteiger partial charge in [-0.15, -0.1) is 11.7 Å². The van der Waals surface area contributed by atoms with E-state index in [4.69, 9.17) is 4.52 Å². The first kappa shape index (κ1) is 8.48. The minimum atomic E-state index is -0.276. The zero-order chi connectivity index (χ0) is 8.27. The summed E-state index contributed by atoms with van der Waals surface area (Å²) in [7, 11) is 0.792. The van der Waals surface area contributed by atoms with Crippen LogP contribution in [0, 0.1) is 6.92 Å². The second kappa shape index (κ2) is 3.68. The summed E-state index contributed by atoms with van der Waals surface area (Å²) in [4.78, 5) is 10.7. The van der Waals surface area contributed by atoms with Crippen LogP contribution >= 0.6 is 22.5 Å². The molecule has 0 radical (unpaired) electrons. The van der Waals surface area contributed by atoms with Gasteiger partial charge in [-0.2, -0.15) is 0 Å². The van der Waals surface area contributed by atoms with Crippen molar-refractivity contribution in [3.8, 4) is 0 Å². The maximum Gasteiger partial charge on any atom is 0.295 e. The molecule has 1 aromatic rings. The number of aromatic nitrogens is 1. The van der Waals surface area contributed by atoms with Crippen LogP contribution in [0.15, 0.2) is 10.6 Å². The van der Waals surface area contributed by atoms with Crippen molar-refractivity contribution in [2.24, 2.45) is 0 Å². The first-order valence-electron chi connectivity index (χ1n) is 2.78. The van der Waals surface area contributed by atoms with Crippen LogP contribution < -0.4 is 5.32 Å². The molecule has 0 unspecified atom stereocenters. The van der Waals surface area contributed by atoms with Crippen LogP contribution in [-0.4, -0.2) is 10.4 Å². The molecule has 11 heavy (non-hydrogen) atoms. The first-order chi connectivity index (χ1) is 5.22. The van der Waals surface area contributed by atoms with Crippen LogP contribution in [0.5, 0.6) is 0 Å². The zero-order valence-electron chi connectivity index (χ0n) is 5.70. The summed E-state index contributed by atoms with van der Waals surface area (Å²) in [6.07, 6.45) is 0. The number of carbonyl (C=O) groups excluding carboxylic acids is 1. The maximum atomic E-state index is 10.7. The van der Waals surface area contributed by atoms with E-state index in [-0.39, 0.29) is 5.24 Å². The summed E-state index contributed by atoms with van der Waals surface area (Å²) in [5, 5.41) is 5.73. The fourth-order valence-electron chi connectivity index (χ4n) is 0.553. The van der Waals surface area contributed by atoms with Gasteiger partial charge in [0.05, 0.1) is 0 Å². The predicted octanol–water partition coefficient (Wildman–Crippen LogP) is 2.09. The SMILES string of the molecule is Cc1cc(NC(=O)SS)no1. The van der Waals surface area contributed by atoms with E-state index >= 15 is 0 Å². The van der Waals surface area contributed by atoms with Gasteiger partial charge in [-0.1, -0.05) is 5.16 Å². The molecule has 6 heteroatoms. The van der Waals surface area contributed by atoms with Gasteiger partial charge in [0.25, 0.3) is 5.24 Å². The van der Waals surface area contributed by atoms with Crippen LogP contribution in [-0.2, 0) is 0 Å². The molecule has 0 saturated carbocycles. The molecule has 1 aromatic heterocycles. The number of hydrogen-bond donors (Lipinski definition) is 2. The number of carbonyl (C=O) groups is 1. The Morgan fingerprint density at radius 2 is 2.64 bits per heavy atom. The van der Waals surface area contributed by atoms with Gasteiger partial charge in [-0.3, -0.25) is 10.1 Å². The molecule has 0 atom stereocenters. The molecule has 0 bridgehead atoms. The first-order valence-corrected chi connectivity index (χ1v) is 4.65. The Hall–Kier alpha value is -0.620. The molecule has 0 fully saturated rings. The van der Waals surface area contributed by atoms with Crippen LogP contribution in [0.2, 0.25) is 0 Å². The minimum absolute atomic E-state index is 0.276. The molecular weight excluding hydrogens is 184 g/mol. The third-order valence-electron chi connectivity index (χ3n) is 0.941. The van der Waals surface area contributed by atoms with E-state index in [0.717, 1.165) is 10.8 Å². The lowest BCUT2D eigenvalue weighted by atomic mass is 10.5. The molecule has 0 spiro atoms. The van der Waals surface area contributed by atoms with Gasteiger partial charge in [0, 0.05) is 16.9 Å². The topological polar surface area (TPSA) is 55.1 Å². The molecule has 0 aliphatic heterocycles. The number of rotatable bonds is 1. The maximum absolute atomic E-state index is 10.7. The fraction of sp³-hybridized carbons (Fsp3) is 0.200. The van der Waals surface area contributed by atoms with E-state index in [1.54, 1.807) is 13.0 Å². The molecule has 1 rings (SSSR count). The highest BCUT2D eigenvalue weighted by atomic mass is 33.1. The molecule has 1 N–H and O–H groups in total. The Balaban J connectivity index is 2.57. The van der Waals surface area contributed by atoms with Crippen molar-refractivity contribution in [2.45, 2.75) is 6.92 Å². The van der Waals surface area contributed by atoms with Crippen LogP contribution in [0.25, 0.3) is 0 Å². The van der Waals surface area contributed by atoms with Gasteiger partial charge < -0.3 is 4.52 Å². The van der Waals surface area contributed by atoms with E-state index in [2.05, 4.69) is 22.1 Å². The summed E-state index contributed by atoms with van der Waals surface area (Å²) in [6.45, 7) is 1.75. The van der Waals surface area contributed by atoms with Gasteiger partial charge in [-0.25, -0.2) is 0 Å². The Bertz CT molecular complexity index is 261. The Labute approximate surface area is 72.5 Å². The normalized spacial score (nSPS) is 9.64. The highest BCUT2D eigenvalue weighted by molar-refractivity contribution is 8.74. The molecule has 0 saturated heterocycles. The van der Waals surface area contributed by atoms with Crippen molar-refractivity contribution in [1.82, 2.24) is 5.16 Å². The molecule has 1 heterocycles. The van der Waals surface area contributed by atoms with E-state index in [0.29, 0.717) is 11.6 Å². The summed E-state index contributed by atoms with van der Waals surface area (Å²) in [5.41, 5.74) is 0. The van der Waals surface area contributed by atoms with Crippen molar-refractivity contribution >= 4 is 33.5 Å². The zero-order valence-corrected chi connectivity index (χ0v) is 7.41.